The Labute approximate surface area is 113 Å². The second kappa shape index (κ2) is 7.27. The van der Waals surface area contributed by atoms with E-state index >= 15 is 0 Å². The van der Waals surface area contributed by atoms with Crippen LogP contribution in [0.2, 0.25) is 5.02 Å². The Morgan fingerprint density at radius 1 is 1.47 bits per heavy atom. The van der Waals surface area contributed by atoms with Gasteiger partial charge in [0, 0.05) is 21.2 Å². The molecule has 1 aromatic carbocycles. The first kappa shape index (κ1) is 14.8. The van der Waals surface area contributed by atoms with Gasteiger partial charge < -0.3 is 10.4 Å². The zero-order valence-corrected chi connectivity index (χ0v) is 11.9. The molecule has 0 aliphatic heterocycles. The molecule has 0 radical (unpaired) electrons. The van der Waals surface area contributed by atoms with Gasteiger partial charge in [-0.15, -0.1) is 11.8 Å². The Hall–Kier alpha value is -0.220. The SMILES string of the molecule is CCCNC(C)(CO)CSc1cccc(Cl)c1. The summed E-state index contributed by atoms with van der Waals surface area (Å²) in [4.78, 5) is 1.13. The molecule has 0 amide bonds. The third kappa shape index (κ3) is 5.30. The molecule has 2 N–H and O–H groups in total. The molecule has 17 heavy (non-hydrogen) atoms. The van der Waals surface area contributed by atoms with Crippen molar-refractivity contribution in [1.82, 2.24) is 5.32 Å². The fourth-order valence-electron chi connectivity index (χ4n) is 1.38. The molecule has 4 heteroatoms. The lowest BCUT2D eigenvalue weighted by atomic mass is 10.1. The number of halogens is 1. The number of aliphatic hydroxyl groups is 1. The first-order valence-electron chi connectivity index (χ1n) is 5.84. The Kier molecular flexibility index (Phi) is 6.34. The molecule has 0 fully saturated rings. The highest BCUT2D eigenvalue weighted by atomic mass is 35.5. The van der Waals surface area contributed by atoms with Crippen LogP contribution in [-0.4, -0.2) is 29.5 Å². The van der Waals surface area contributed by atoms with E-state index in [2.05, 4.69) is 12.2 Å². The lowest BCUT2D eigenvalue weighted by Crippen LogP contribution is -2.48. The van der Waals surface area contributed by atoms with E-state index in [1.54, 1.807) is 11.8 Å². The Balaban J connectivity index is 2.52. The van der Waals surface area contributed by atoms with Crippen LogP contribution in [0.5, 0.6) is 0 Å². The molecule has 0 aromatic heterocycles. The van der Waals surface area contributed by atoms with Crippen LogP contribution < -0.4 is 5.32 Å². The fourth-order valence-corrected chi connectivity index (χ4v) is 2.70. The molecule has 0 saturated carbocycles. The molecule has 1 aromatic rings. The summed E-state index contributed by atoms with van der Waals surface area (Å²) in [5, 5.41) is 13.6. The minimum absolute atomic E-state index is 0.139. The maximum absolute atomic E-state index is 9.44. The quantitative estimate of drug-likeness (QED) is 0.749. The molecule has 0 heterocycles. The van der Waals surface area contributed by atoms with E-state index in [1.165, 1.54) is 0 Å². The number of hydrogen-bond acceptors (Lipinski definition) is 3. The number of hydrogen-bond donors (Lipinski definition) is 2. The normalized spacial score (nSPS) is 14.6. The van der Waals surface area contributed by atoms with Gasteiger partial charge in [-0.1, -0.05) is 24.6 Å². The summed E-state index contributed by atoms with van der Waals surface area (Å²) in [6.07, 6.45) is 1.07. The number of aliphatic hydroxyl groups excluding tert-OH is 1. The molecule has 1 unspecified atom stereocenters. The van der Waals surface area contributed by atoms with Crippen LogP contribution in [0.4, 0.5) is 0 Å². The van der Waals surface area contributed by atoms with Crippen LogP contribution in [0.25, 0.3) is 0 Å². The maximum atomic E-state index is 9.44. The second-order valence-electron chi connectivity index (χ2n) is 4.39. The number of benzene rings is 1. The summed E-state index contributed by atoms with van der Waals surface area (Å²) in [5.74, 6) is 0.823. The van der Waals surface area contributed by atoms with Crippen LogP contribution in [0.1, 0.15) is 20.3 Å². The molecule has 0 bridgehead atoms. The van der Waals surface area contributed by atoms with Crippen LogP contribution in [0.15, 0.2) is 29.2 Å². The van der Waals surface area contributed by atoms with Crippen molar-refractivity contribution in [2.75, 3.05) is 18.9 Å². The molecule has 1 atom stereocenters. The van der Waals surface area contributed by atoms with Crippen molar-refractivity contribution in [2.45, 2.75) is 30.7 Å². The van der Waals surface area contributed by atoms with Gasteiger partial charge in [0.2, 0.25) is 0 Å². The standard InChI is InChI=1S/C13H20ClNOS/c1-3-7-15-13(2,9-16)10-17-12-6-4-5-11(14)8-12/h4-6,8,15-16H,3,7,9-10H2,1-2H3. The average molecular weight is 274 g/mol. The molecule has 96 valence electrons. The highest BCUT2D eigenvalue weighted by Gasteiger charge is 2.22. The van der Waals surface area contributed by atoms with Crippen molar-refractivity contribution in [3.63, 3.8) is 0 Å². The zero-order valence-electron chi connectivity index (χ0n) is 10.4. The topological polar surface area (TPSA) is 32.3 Å². The van der Waals surface area contributed by atoms with Gasteiger partial charge in [-0.3, -0.25) is 0 Å². The third-order valence-electron chi connectivity index (χ3n) is 2.50. The number of nitrogens with one attached hydrogen (secondary N) is 1. The van der Waals surface area contributed by atoms with E-state index in [0.717, 1.165) is 28.6 Å². The van der Waals surface area contributed by atoms with Gasteiger partial charge in [0.05, 0.1) is 6.61 Å². The fraction of sp³-hybridized carbons (Fsp3) is 0.538. The summed E-state index contributed by atoms with van der Waals surface area (Å²) >= 11 is 7.64. The molecule has 0 aliphatic rings. The van der Waals surface area contributed by atoms with Crippen molar-refractivity contribution in [3.05, 3.63) is 29.3 Å². The van der Waals surface area contributed by atoms with Crippen molar-refractivity contribution >= 4 is 23.4 Å². The van der Waals surface area contributed by atoms with Gasteiger partial charge in [-0.2, -0.15) is 0 Å². The van der Waals surface area contributed by atoms with E-state index in [-0.39, 0.29) is 12.1 Å². The minimum Gasteiger partial charge on any atom is -0.394 e. The minimum atomic E-state index is -0.233. The van der Waals surface area contributed by atoms with Crippen molar-refractivity contribution < 1.29 is 5.11 Å². The molecular weight excluding hydrogens is 254 g/mol. The highest BCUT2D eigenvalue weighted by molar-refractivity contribution is 7.99. The number of rotatable bonds is 7. The predicted molar refractivity (Wildman–Crippen MR) is 76.0 cm³/mol. The molecule has 0 saturated heterocycles. The monoisotopic (exact) mass is 273 g/mol. The van der Waals surface area contributed by atoms with Gasteiger partial charge in [-0.05, 0) is 38.1 Å². The van der Waals surface area contributed by atoms with Crippen molar-refractivity contribution in [2.24, 2.45) is 0 Å². The van der Waals surface area contributed by atoms with Crippen LogP contribution >= 0.6 is 23.4 Å². The second-order valence-corrected chi connectivity index (χ2v) is 5.88. The highest BCUT2D eigenvalue weighted by Crippen LogP contribution is 2.25. The summed E-state index contributed by atoms with van der Waals surface area (Å²) in [7, 11) is 0. The van der Waals surface area contributed by atoms with E-state index in [4.69, 9.17) is 11.6 Å². The lowest BCUT2D eigenvalue weighted by molar-refractivity contribution is 0.192. The summed E-state index contributed by atoms with van der Waals surface area (Å²) < 4.78 is 0. The zero-order chi connectivity index (χ0) is 12.7. The van der Waals surface area contributed by atoms with Crippen molar-refractivity contribution in [3.8, 4) is 0 Å². The molecule has 1 rings (SSSR count). The van der Waals surface area contributed by atoms with E-state index in [9.17, 15) is 5.11 Å². The first-order chi connectivity index (χ1) is 8.09. The summed E-state index contributed by atoms with van der Waals surface area (Å²) in [5.41, 5.74) is -0.233. The maximum Gasteiger partial charge on any atom is 0.0618 e. The van der Waals surface area contributed by atoms with Crippen LogP contribution in [0.3, 0.4) is 0 Å². The van der Waals surface area contributed by atoms with E-state index < -0.39 is 0 Å². The molecular formula is C13H20ClNOS. The smallest absolute Gasteiger partial charge is 0.0618 e. The predicted octanol–water partition coefficient (Wildman–Crippen LogP) is 3.18. The van der Waals surface area contributed by atoms with Gasteiger partial charge in [0.15, 0.2) is 0 Å². The summed E-state index contributed by atoms with van der Waals surface area (Å²) in [6.45, 7) is 5.23. The van der Waals surface area contributed by atoms with Crippen molar-refractivity contribution in [1.29, 1.82) is 0 Å². The number of thioether (sulfide) groups is 1. The van der Waals surface area contributed by atoms with Gasteiger partial charge >= 0.3 is 0 Å². The Morgan fingerprint density at radius 3 is 2.82 bits per heavy atom. The van der Waals surface area contributed by atoms with E-state index in [1.807, 2.05) is 31.2 Å². The Bertz CT molecular complexity index is 348. The largest absolute Gasteiger partial charge is 0.394 e. The Morgan fingerprint density at radius 2 is 2.24 bits per heavy atom. The lowest BCUT2D eigenvalue weighted by Gasteiger charge is -2.28. The van der Waals surface area contributed by atoms with Gasteiger partial charge in [0.25, 0.3) is 0 Å². The van der Waals surface area contributed by atoms with Gasteiger partial charge in [-0.25, -0.2) is 0 Å². The molecule has 0 spiro atoms. The van der Waals surface area contributed by atoms with Gasteiger partial charge in [0.1, 0.15) is 0 Å². The molecule has 0 aliphatic carbocycles. The average Bonchev–Trinajstić information content (AvgIpc) is 2.34. The van der Waals surface area contributed by atoms with E-state index in [0.29, 0.717) is 0 Å². The third-order valence-corrected chi connectivity index (χ3v) is 4.11. The van der Waals surface area contributed by atoms with Crippen LogP contribution in [0, 0.1) is 0 Å². The first-order valence-corrected chi connectivity index (χ1v) is 7.20. The van der Waals surface area contributed by atoms with Crippen LogP contribution in [-0.2, 0) is 0 Å². The summed E-state index contributed by atoms with van der Waals surface area (Å²) in [6, 6.07) is 7.80. The molecule has 2 nitrogen and oxygen atoms in total.